The first-order valence-corrected chi connectivity index (χ1v) is 15.8. The summed E-state index contributed by atoms with van der Waals surface area (Å²) < 4.78 is 99.6. The van der Waals surface area contributed by atoms with E-state index in [9.17, 15) is 36.2 Å². The third kappa shape index (κ3) is 8.20. The molecular weight excluding hydrogens is 618 g/mol. The fourth-order valence-electron chi connectivity index (χ4n) is 5.42. The number of rotatable bonds is 16. The van der Waals surface area contributed by atoms with Crippen LogP contribution in [0, 0.1) is 0 Å². The number of aliphatic hydroxyl groups is 1. The van der Waals surface area contributed by atoms with Crippen LogP contribution in [0.25, 0.3) is 0 Å². The molecule has 0 saturated carbocycles. The topological polar surface area (TPSA) is 80.3 Å². The van der Waals surface area contributed by atoms with Gasteiger partial charge in [-0.15, -0.1) is 0 Å². The van der Waals surface area contributed by atoms with Gasteiger partial charge >= 0.3 is 18.4 Å². The molecule has 1 atom stereocenters. The zero-order valence-electron chi connectivity index (χ0n) is 26.7. The number of hydrogen-bond acceptors (Lipinski definition) is 5. The lowest BCUT2D eigenvalue weighted by Gasteiger charge is -2.42. The van der Waals surface area contributed by atoms with Crippen molar-refractivity contribution in [3.05, 3.63) is 58.7 Å². The van der Waals surface area contributed by atoms with Crippen molar-refractivity contribution in [1.29, 1.82) is 0 Å². The lowest BCUT2D eigenvalue weighted by atomic mass is 9.87. The van der Waals surface area contributed by atoms with Crippen molar-refractivity contribution in [3.63, 3.8) is 0 Å². The van der Waals surface area contributed by atoms with Gasteiger partial charge in [-0.1, -0.05) is 52.7 Å². The number of alkyl halides is 6. The number of benzene rings is 2. The predicted octanol–water partition coefficient (Wildman–Crippen LogP) is 8.11. The fraction of sp³-hybridized carbons (Fsp3) is 0.606. The van der Waals surface area contributed by atoms with Gasteiger partial charge in [0.25, 0.3) is 5.60 Å². The number of halogens is 6. The van der Waals surface area contributed by atoms with E-state index < -0.39 is 29.2 Å². The van der Waals surface area contributed by atoms with Crippen LogP contribution < -0.4 is 14.8 Å². The van der Waals surface area contributed by atoms with Gasteiger partial charge in [-0.2, -0.15) is 26.3 Å². The lowest BCUT2D eigenvalue weighted by Crippen LogP contribution is -2.59. The van der Waals surface area contributed by atoms with Crippen molar-refractivity contribution in [2.24, 2.45) is 0 Å². The van der Waals surface area contributed by atoms with Crippen LogP contribution in [-0.4, -0.2) is 54.9 Å². The Labute approximate surface area is 266 Å². The van der Waals surface area contributed by atoms with Crippen molar-refractivity contribution < 1.29 is 50.5 Å². The monoisotopic (exact) mass is 662 g/mol. The number of hydrogen-bond donors (Lipinski definition) is 2. The first-order valence-electron chi connectivity index (χ1n) is 15.8. The molecule has 1 saturated heterocycles. The van der Waals surface area contributed by atoms with Crippen LogP contribution in [0.2, 0.25) is 0 Å². The van der Waals surface area contributed by atoms with Crippen molar-refractivity contribution in [2.75, 3.05) is 26.5 Å². The van der Waals surface area contributed by atoms with E-state index in [1.807, 2.05) is 38.1 Å². The molecule has 2 aromatic carbocycles. The Balaban J connectivity index is 1.66. The van der Waals surface area contributed by atoms with Crippen molar-refractivity contribution in [1.82, 2.24) is 10.2 Å². The molecule has 0 aromatic heterocycles. The minimum Gasteiger partial charge on any atom is -0.494 e. The fourth-order valence-corrected chi connectivity index (χ4v) is 5.42. The number of nitrogens with zero attached hydrogens (tertiary/aromatic N) is 1. The van der Waals surface area contributed by atoms with E-state index in [2.05, 4.69) is 5.32 Å². The molecule has 0 aliphatic carbocycles. The minimum absolute atomic E-state index is 0.0543. The zero-order chi connectivity index (χ0) is 34.2. The van der Waals surface area contributed by atoms with Crippen LogP contribution in [0.15, 0.2) is 36.4 Å². The number of urea groups is 1. The molecule has 46 heavy (non-hydrogen) atoms. The largest absolute Gasteiger partial charge is 0.494 e. The second-order valence-electron chi connectivity index (χ2n) is 11.4. The molecule has 2 amide bonds. The summed E-state index contributed by atoms with van der Waals surface area (Å²) in [4.78, 5) is 14.5. The van der Waals surface area contributed by atoms with E-state index >= 15 is 0 Å². The predicted molar refractivity (Wildman–Crippen MR) is 161 cm³/mol. The highest BCUT2D eigenvalue weighted by Crippen LogP contribution is 2.51. The summed E-state index contributed by atoms with van der Waals surface area (Å²) in [6, 6.07) is 8.60. The van der Waals surface area contributed by atoms with Crippen LogP contribution in [-0.2, 0) is 28.9 Å². The van der Waals surface area contributed by atoms with E-state index in [4.69, 9.17) is 14.2 Å². The van der Waals surface area contributed by atoms with Crippen LogP contribution in [0.5, 0.6) is 11.5 Å². The third-order valence-electron chi connectivity index (χ3n) is 7.94. The average Bonchev–Trinajstić information content (AvgIpc) is 3.00. The normalized spacial score (nSPS) is 17.6. The summed E-state index contributed by atoms with van der Waals surface area (Å²) in [5.74, 6) is 0.962. The minimum atomic E-state index is -5.98. The van der Waals surface area contributed by atoms with Gasteiger partial charge in [0.05, 0.1) is 13.2 Å². The van der Waals surface area contributed by atoms with Gasteiger partial charge in [-0.25, -0.2) is 4.79 Å². The zero-order valence-corrected chi connectivity index (χ0v) is 26.7. The first kappa shape index (κ1) is 37.3. The van der Waals surface area contributed by atoms with Crippen LogP contribution in [0.3, 0.4) is 0 Å². The van der Waals surface area contributed by atoms with Crippen molar-refractivity contribution >= 4 is 6.03 Å². The lowest BCUT2D eigenvalue weighted by molar-refractivity contribution is -0.376. The third-order valence-corrected chi connectivity index (χ3v) is 7.94. The van der Waals surface area contributed by atoms with E-state index in [1.54, 1.807) is 13.8 Å². The second kappa shape index (κ2) is 15.6. The smallest absolute Gasteiger partial charge is 0.430 e. The van der Waals surface area contributed by atoms with E-state index in [-0.39, 0.29) is 49.1 Å². The molecule has 7 nitrogen and oxygen atoms in total. The van der Waals surface area contributed by atoms with Crippen LogP contribution >= 0.6 is 0 Å². The van der Waals surface area contributed by atoms with Crippen LogP contribution in [0.1, 0.15) is 88.5 Å². The van der Waals surface area contributed by atoms with Crippen molar-refractivity contribution in [3.8, 4) is 11.5 Å². The Morgan fingerprint density at radius 3 is 1.93 bits per heavy atom. The van der Waals surface area contributed by atoms with Gasteiger partial charge in [0.1, 0.15) is 18.2 Å². The highest BCUT2D eigenvalue weighted by molar-refractivity contribution is 5.75. The average molecular weight is 663 g/mol. The van der Waals surface area contributed by atoms with E-state index in [0.29, 0.717) is 45.3 Å². The maximum absolute atomic E-state index is 13.6. The molecule has 1 aliphatic rings. The number of ether oxygens (including phenoxy) is 3. The maximum atomic E-state index is 13.6. The summed E-state index contributed by atoms with van der Waals surface area (Å²) in [5, 5.41) is 13.0. The molecular formula is C33H44F6N2O5. The Morgan fingerprint density at radius 1 is 0.870 bits per heavy atom. The molecule has 0 spiro atoms. The highest BCUT2D eigenvalue weighted by Gasteiger charge is 2.71. The second-order valence-corrected chi connectivity index (χ2v) is 11.4. The summed E-state index contributed by atoms with van der Waals surface area (Å²) in [6.07, 6.45) is -8.43. The molecule has 0 bridgehead atoms. The Kier molecular flexibility index (Phi) is 12.6. The van der Waals surface area contributed by atoms with Gasteiger partial charge in [0.15, 0.2) is 5.72 Å². The summed E-state index contributed by atoms with van der Waals surface area (Å²) in [5.41, 5.74) is -6.14. The number of aryl methyl sites for hydroxylation is 2. The van der Waals surface area contributed by atoms with Gasteiger partial charge in [0.2, 0.25) is 0 Å². The first-order chi connectivity index (χ1) is 21.7. The van der Waals surface area contributed by atoms with Gasteiger partial charge in [-0.3, -0.25) is 0 Å². The molecule has 3 rings (SSSR count). The van der Waals surface area contributed by atoms with Crippen molar-refractivity contribution in [2.45, 2.75) is 103 Å². The highest BCUT2D eigenvalue weighted by atomic mass is 19.4. The molecule has 0 radical (unpaired) electrons. The Hall–Kier alpha value is -3.19. The van der Waals surface area contributed by atoms with Crippen LogP contribution in [0.4, 0.5) is 31.1 Å². The molecule has 258 valence electrons. The number of amides is 2. The van der Waals surface area contributed by atoms with E-state index in [0.717, 1.165) is 29.9 Å². The number of nitrogens with one attached hydrogen (secondary N) is 1. The quantitative estimate of drug-likeness (QED) is 0.140. The molecule has 1 unspecified atom stereocenters. The maximum Gasteiger partial charge on any atom is 0.430 e. The van der Waals surface area contributed by atoms with E-state index in [1.165, 1.54) is 4.90 Å². The van der Waals surface area contributed by atoms with Gasteiger partial charge in [0, 0.05) is 17.7 Å². The summed E-state index contributed by atoms with van der Waals surface area (Å²) >= 11 is 0. The Morgan fingerprint density at radius 2 is 1.46 bits per heavy atom. The standard InChI is InChI=1S/C33H44F6N2O5/c1-5-11-23-20-26(31(43,32(34,35)36)33(37,38)39)21-24(12-6-2)28(23)45-19-10-9-17-41-22-46-30(8-4,40-29(41)42)25-13-15-27(16-14-25)44-18-7-3/h13-16,20-21,43H,5-12,17-19,22H2,1-4H3,(H,40,42). The number of unbranched alkanes of at least 4 members (excludes halogenated alkanes) is 1. The number of carbonyl (C=O) groups excluding carboxylic acids is 1. The Bertz CT molecular complexity index is 1240. The molecule has 1 fully saturated rings. The molecule has 2 aromatic rings. The summed E-state index contributed by atoms with van der Waals surface area (Å²) in [6.45, 7) is 8.53. The summed E-state index contributed by atoms with van der Waals surface area (Å²) in [7, 11) is 0. The molecule has 1 heterocycles. The SMILES string of the molecule is CCCOc1ccc(C2(CC)NC(=O)N(CCCCOc3c(CCC)cc(C(O)(C(F)(F)F)C(F)(F)F)cc3CCC)CO2)cc1. The van der Waals surface area contributed by atoms with Gasteiger partial charge < -0.3 is 29.5 Å². The molecule has 13 heteroatoms. The number of carbonyl (C=O) groups is 1. The van der Waals surface area contributed by atoms with Gasteiger partial charge in [-0.05, 0) is 73.9 Å². The molecule has 2 N–H and O–H groups in total. The molecule has 1 aliphatic heterocycles.